The van der Waals surface area contributed by atoms with Crippen LogP contribution in [0.1, 0.15) is 18.1 Å². The number of aryl methyl sites for hydroxylation is 1. The van der Waals surface area contributed by atoms with Gasteiger partial charge in [-0.1, -0.05) is 6.07 Å². The van der Waals surface area contributed by atoms with Crippen LogP contribution < -0.4 is 5.32 Å². The molecule has 1 aromatic rings. The van der Waals surface area contributed by atoms with Gasteiger partial charge in [0.2, 0.25) is 5.91 Å². The second-order valence-corrected chi connectivity index (χ2v) is 3.43. The van der Waals surface area contributed by atoms with Gasteiger partial charge in [-0.25, -0.2) is 4.79 Å². The number of amides is 1. The highest BCUT2D eigenvalue weighted by Crippen LogP contribution is 2.17. The van der Waals surface area contributed by atoms with E-state index < -0.39 is 5.97 Å². The van der Waals surface area contributed by atoms with E-state index in [2.05, 4.69) is 5.32 Å². The second-order valence-electron chi connectivity index (χ2n) is 3.43. The van der Waals surface area contributed by atoms with Crippen molar-refractivity contribution in [2.24, 2.45) is 0 Å². The zero-order chi connectivity index (χ0) is 12.1. The number of hydrogen-bond acceptors (Lipinski definition) is 2. The third-order valence-electron chi connectivity index (χ3n) is 1.98. The minimum Gasteiger partial charge on any atom is -0.478 e. The normalized spacial score (nSPS) is 10.4. The Balaban J connectivity index is 2.90. The largest absolute Gasteiger partial charge is 0.478 e. The van der Waals surface area contributed by atoms with Crippen molar-refractivity contribution in [2.45, 2.75) is 13.8 Å². The quantitative estimate of drug-likeness (QED) is 0.764. The summed E-state index contributed by atoms with van der Waals surface area (Å²) in [6.07, 6.45) is 2.58. The van der Waals surface area contributed by atoms with Crippen LogP contribution in [0.2, 0.25) is 0 Å². The van der Waals surface area contributed by atoms with E-state index in [1.165, 1.54) is 13.0 Å². The molecular formula is C12H13NO3. The smallest absolute Gasteiger partial charge is 0.328 e. The SMILES string of the molecule is CC(=O)Nc1ccc(C=CC(=O)O)cc1C. The predicted octanol–water partition coefficient (Wildman–Crippen LogP) is 2.05. The number of carbonyl (C=O) groups excluding carboxylic acids is 1. The Morgan fingerprint density at radius 2 is 2.06 bits per heavy atom. The highest BCUT2D eigenvalue weighted by Gasteiger charge is 2.00. The van der Waals surface area contributed by atoms with Crippen molar-refractivity contribution in [1.82, 2.24) is 0 Å². The van der Waals surface area contributed by atoms with Crippen LogP contribution in [0.3, 0.4) is 0 Å². The van der Waals surface area contributed by atoms with E-state index in [0.717, 1.165) is 22.9 Å². The number of nitrogens with one attached hydrogen (secondary N) is 1. The first-order valence-corrected chi connectivity index (χ1v) is 4.78. The molecule has 1 amide bonds. The lowest BCUT2D eigenvalue weighted by molar-refractivity contribution is -0.131. The van der Waals surface area contributed by atoms with Gasteiger partial charge in [-0.05, 0) is 36.3 Å². The molecule has 0 unspecified atom stereocenters. The van der Waals surface area contributed by atoms with Crippen molar-refractivity contribution in [2.75, 3.05) is 5.32 Å². The molecule has 0 bridgehead atoms. The third kappa shape index (κ3) is 3.57. The number of benzene rings is 1. The van der Waals surface area contributed by atoms with Gasteiger partial charge in [0.05, 0.1) is 0 Å². The molecule has 0 aliphatic heterocycles. The maximum atomic E-state index is 10.9. The minimum atomic E-state index is -0.983. The van der Waals surface area contributed by atoms with Crippen molar-refractivity contribution in [1.29, 1.82) is 0 Å². The van der Waals surface area contributed by atoms with Crippen molar-refractivity contribution in [3.8, 4) is 0 Å². The summed E-state index contributed by atoms with van der Waals surface area (Å²) >= 11 is 0. The summed E-state index contributed by atoms with van der Waals surface area (Å²) in [5.74, 6) is -1.11. The summed E-state index contributed by atoms with van der Waals surface area (Å²) in [7, 11) is 0. The average Bonchev–Trinajstić information content (AvgIpc) is 2.18. The van der Waals surface area contributed by atoms with E-state index in [9.17, 15) is 9.59 Å². The number of hydrogen-bond donors (Lipinski definition) is 2. The van der Waals surface area contributed by atoms with Crippen LogP contribution in [-0.2, 0) is 9.59 Å². The van der Waals surface area contributed by atoms with E-state index in [4.69, 9.17) is 5.11 Å². The van der Waals surface area contributed by atoms with Crippen LogP contribution in [-0.4, -0.2) is 17.0 Å². The molecule has 1 aromatic carbocycles. The zero-order valence-electron chi connectivity index (χ0n) is 9.15. The van der Waals surface area contributed by atoms with E-state index in [0.29, 0.717) is 0 Å². The molecule has 84 valence electrons. The molecule has 2 N–H and O–H groups in total. The summed E-state index contributed by atoms with van der Waals surface area (Å²) in [6, 6.07) is 5.31. The number of anilines is 1. The molecule has 0 heterocycles. The molecule has 0 saturated carbocycles. The summed E-state index contributed by atoms with van der Waals surface area (Å²) in [5.41, 5.74) is 2.41. The lowest BCUT2D eigenvalue weighted by Gasteiger charge is -2.06. The monoisotopic (exact) mass is 219 g/mol. The van der Waals surface area contributed by atoms with E-state index >= 15 is 0 Å². The standard InChI is InChI=1S/C12H13NO3/c1-8-7-10(4-6-12(15)16)3-5-11(8)13-9(2)14/h3-7H,1-2H3,(H,13,14)(H,15,16). The van der Waals surface area contributed by atoms with Gasteiger partial charge in [0.1, 0.15) is 0 Å². The van der Waals surface area contributed by atoms with Crippen molar-refractivity contribution >= 4 is 23.6 Å². The van der Waals surface area contributed by atoms with Crippen molar-refractivity contribution in [3.05, 3.63) is 35.4 Å². The lowest BCUT2D eigenvalue weighted by Crippen LogP contribution is -2.06. The molecule has 0 aliphatic carbocycles. The minimum absolute atomic E-state index is 0.128. The molecule has 0 atom stereocenters. The molecule has 0 radical (unpaired) electrons. The summed E-state index contributed by atoms with van der Waals surface area (Å²) in [4.78, 5) is 21.2. The molecule has 16 heavy (non-hydrogen) atoms. The van der Waals surface area contributed by atoms with E-state index in [1.807, 2.05) is 13.0 Å². The first-order valence-electron chi connectivity index (χ1n) is 4.78. The maximum absolute atomic E-state index is 10.9. The molecule has 1 rings (SSSR count). The van der Waals surface area contributed by atoms with Gasteiger partial charge in [-0.3, -0.25) is 4.79 Å². The lowest BCUT2D eigenvalue weighted by atomic mass is 10.1. The van der Waals surface area contributed by atoms with Crippen molar-refractivity contribution in [3.63, 3.8) is 0 Å². The number of carboxylic acids is 1. The fourth-order valence-electron chi connectivity index (χ4n) is 1.29. The summed E-state index contributed by atoms with van der Waals surface area (Å²) in [5, 5.41) is 11.2. The summed E-state index contributed by atoms with van der Waals surface area (Å²) < 4.78 is 0. The van der Waals surface area contributed by atoms with Crippen molar-refractivity contribution < 1.29 is 14.7 Å². The van der Waals surface area contributed by atoms with Gasteiger partial charge in [0.15, 0.2) is 0 Å². The molecule has 0 saturated heterocycles. The first kappa shape index (κ1) is 12.0. The highest BCUT2D eigenvalue weighted by molar-refractivity contribution is 5.90. The number of carbonyl (C=O) groups is 2. The zero-order valence-corrected chi connectivity index (χ0v) is 9.15. The first-order chi connectivity index (χ1) is 7.49. The van der Waals surface area contributed by atoms with Crippen LogP contribution in [0.5, 0.6) is 0 Å². The Hall–Kier alpha value is -2.10. The molecule has 0 aliphatic rings. The number of aliphatic carboxylic acids is 1. The highest BCUT2D eigenvalue weighted by atomic mass is 16.4. The molecule has 0 fully saturated rings. The Morgan fingerprint density at radius 3 is 2.56 bits per heavy atom. The van der Waals surface area contributed by atoms with Gasteiger partial charge in [-0.2, -0.15) is 0 Å². The maximum Gasteiger partial charge on any atom is 0.328 e. The molecule has 0 aromatic heterocycles. The second kappa shape index (κ2) is 5.11. The van der Waals surface area contributed by atoms with Crippen LogP contribution in [0, 0.1) is 6.92 Å². The molecule has 4 nitrogen and oxygen atoms in total. The van der Waals surface area contributed by atoms with Gasteiger partial charge in [-0.15, -0.1) is 0 Å². The third-order valence-corrected chi connectivity index (χ3v) is 1.98. The number of carboxylic acid groups (broad SMARTS) is 1. The van der Waals surface area contributed by atoms with Gasteiger partial charge >= 0.3 is 5.97 Å². The predicted molar refractivity (Wildman–Crippen MR) is 62.2 cm³/mol. The Bertz CT molecular complexity index is 450. The van der Waals surface area contributed by atoms with Crippen LogP contribution in [0.25, 0.3) is 6.08 Å². The average molecular weight is 219 g/mol. The van der Waals surface area contributed by atoms with E-state index in [-0.39, 0.29) is 5.91 Å². The van der Waals surface area contributed by atoms with Crippen LogP contribution >= 0.6 is 0 Å². The topological polar surface area (TPSA) is 66.4 Å². The molecule has 4 heteroatoms. The van der Waals surface area contributed by atoms with Crippen LogP contribution in [0.15, 0.2) is 24.3 Å². The fourth-order valence-corrected chi connectivity index (χ4v) is 1.29. The van der Waals surface area contributed by atoms with Gasteiger partial charge in [0.25, 0.3) is 0 Å². The Labute approximate surface area is 93.6 Å². The molecular weight excluding hydrogens is 206 g/mol. The Morgan fingerprint density at radius 1 is 1.38 bits per heavy atom. The fraction of sp³-hybridized carbons (Fsp3) is 0.167. The van der Waals surface area contributed by atoms with E-state index in [1.54, 1.807) is 12.1 Å². The van der Waals surface area contributed by atoms with Gasteiger partial charge < -0.3 is 10.4 Å². The van der Waals surface area contributed by atoms with Gasteiger partial charge in [0, 0.05) is 18.7 Å². The molecule has 0 spiro atoms. The summed E-state index contributed by atoms with van der Waals surface area (Å²) in [6.45, 7) is 3.29. The van der Waals surface area contributed by atoms with Crippen LogP contribution in [0.4, 0.5) is 5.69 Å². The number of rotatable bonds is 3. The Kier molecular flexibility index (Phi) is 3.83.